The van der Waals surface area contributed by atoms with Crippen molar-refractivity contribution in [2.45, 2.75) is 32.1 Å². The average Bonchev–Trinajstić information content (AvgIpc) is 2.67. The van der Waals surface area contributed by atoms with Crippen LogP contribution in [0, 0.1) is 22.7 Å². The lowest BCUT2D eigenvalue weighted by atomic mass is 9.60. The average molecular weight is 398 g/mol. The first-order chi connectivity index (χ1) is 13.5. The standard InChI is InChI=1S/C20H23N5O2S/c21-11-14-17(22)25-19(16(18(23)27)20(14)9-5-2-6-10-20)28-12-15(26)24-13-7-3-1-4-8-13/h1,3-4,7-8,14H,2,5-6,9-10,12H2,(H2,22,25)(H2,23,27)(H,24,26). The van der Waals surface area contributed by atoms with E-state index in [1.807, 2.05) is 18.2 Å². The van der Waals surface area contributed by atoms with E-state index in [4.69, 9.17) is 11.5 Å². The molecule has 0 saturated heterocycles. The highest BCUT2D eigenvalue weighted by atomic mass is 32.2. The van der Waals surface area contributed by atoms with Gasteiger partial charge < -0.3 is 16.8 Å². The zero-order valence-corrected chi connectivity index (χ0v) is 16.3. The van der Waals surface area contributed by atoms with E-state index in [0.29, 0.717) is 29.1 Å². The molecule has 1 aliphatic heterocycles. The molecule has 1 aromatic carbocycles. The molecular weight excluding hydrogens is 374 g/mol. The Balaban J connectivity index is 1.86. The fourth-order valence-electron chi connectivity index (χ4n) is 4.10. The van der Waals surface area contributed by atoms with Crippen LogP contribution in [0.5, 0.6) is 0 Å². The van der Waals surface area contributed by atoms with Crippen LogP contribution in [0.1, 0.15) is 32.1 Å². The van der Waals surface area contributed by atoms with Crippen LogP contribution in [0.3, 0.4) is 0 Å². The highest BCUT2D eigenvalue weighted by molar-refractivity contribution is 8.03. The van der Waals surface area contributed by atoms with Crippen LogP contribution in [-0.4, -0.2) is 23.4 Å². The Bertz CT molecular complexity index is 866. The van der Waals surface area contributed by atoms with E-state index in [2.05, 4.69) is 16.4 Å². The molecule has 1 aromatic rings. The van der Waals surface area contributed by atoms with E-state index in [1.165, 1.54) is 0 Å². The second kappa shape index (κ2) is 8.48. The molecule has 0 radical (unpaired) electrons. The molecule has 3 rings (SSSR count). The number of hydrogen-bond donors (Lipinski definition) is 3. The number of carbonyl (C=O) groups is 2. The maximum atomic E-state index is 12.4. The van der Waals surface area contributed by atoms with Crippen LogP contribution in [0.25, 0.3) is 0 Å². The Morgan fingerprint density at radius 1 is 1.25 bits per heavy atom. The van der Waals surface area contributed by atoms with Crippen molar-refractivity contribution in [2.75, 3.05) is 11.1 Å². The monoisotopic (exact) mass is 397 g/mol. The van der Waals surface area contributed by atoms with Gasteiger partial charge in [-0.15, -0.1) is 0 Å². The molecule has 1 heterocycles. The minimum Gasteiger partial charge on any atom is -0.386 e. The van der Waals surface area contributed by atoms with Gasteiger partial charge in [0.25, 0.3) is 0 Å². The number of nitrogens with zero attached hydrogens (tertiary/aromatic N) is 2. The molecule has 0 bridgehead atoms. The molecule has 1 unspecified atom stereocenters. The highest BCUT2D eigenvalue weighted by Gasteiger charge is 2.50. The number of nitrogens with two attached hydrogens (primary N) is 2. The van der Waals surface area contributed by atoms with Crippen molar-refractivity contribution in [2.24, 2.45) is 27.8 Å². The lowest BCUT2D eigenvalue weighted by Gasteiger charge is -2.43. The first kappa shape index (κ1) is 20.0. The second-order valence-corrected chi connectivity index (χ2v) is 8.03. The lowest BCUT2D eigenvalue weighted by molar-refractivity contribution is -0.116. The van der Waals surface area contributed by atoms with Gasteiger partial charge in [0.1, 0.15) is 16.8 Å². The predicted molar refractivity (Wildman–Crippen MR) is 110 cm³/mol. The molecule has 146 valence electrons. The Morgan fingerprint density at radius 2 is 1.93 bits per heavy atom. The number of anilines is 1. The summed E-state index contributed by atoms with van der Waals surface area (Å²) in [5, 5.41) is 12.9. The molecule has 1 fully saturated rings. The number of nitriles is 1. The number of carbonyl (C=O) groups excluding carboxylic acids is 2. The third kappa shape index (κ3) is 3.90. The molecule has 7 nitrogen and oxygen atoms in total. The van der Waals surface area contributed by atoms with Crippen LogP contribution in [0.15, 0.2) is 45.9 Å². The summed E-state index contributed by atoms with van der Waals surface area (Å²) in [6, 6.07) is 11.3. The summed E-state index contributed by atoms with van der Waals surface area (Å²) in [7, 11) is 0. The van der Waals surface area contributed by atoms with E-state index in [1.54, 1.807) is 12.1 Å². The van der Waals surface area contributed by atoms with E-state index in [-0.39, 0.29) is 17.5 Å². The summed E-state index contributed by atoms with van der Waals surface area (Å²) >= 11 is 1.13. The molecule has 1 spiro atoms. The topological polar surface area (TPSA) is 134 Å². The van der Waals surface area contributed by atoms with Crippen LogP contribution in [0.4, 0.5) is 5.69 Å². The SMILES string of the molecule is N#CC1C(N)=NC(SCC(=O)Nc2ccccc2)=C(C(N)=O)C12CCCCC2. The highest BCUT2D eigenvalue weighted by Crippen LogP contribution is 2.52. The number of rotatable bonds is 5. The van der Waals surface area contributed by atoms with Gasteiger partial charge in [0.05, 0.1) is 17.4 Å². The van der Waals surface area contributed by atoms with Gasteiger partial charge in [0, 0.05) is 11.1 Å². The van der Waals surface area contributed by atoms with Gasteiger partial charge in [-0.05, 0) is 25.0 Å². The van der Waals surface area contributed by atoms with Gasteiger partial charge in [-0.1, -0.05) is 49.2 Å². The Morgan fingerprint density at radius 3 is 2.54 bits per heavy atom. The van der Waals surface area contributed by atoms with Gasteiger partial charge in [-0.3, -0.25) is 9.59 Å². The van der Waals surface area contributed by atoms with E-state index in [0.717, 1.165) is 31.0 Å². The summed E-state index contributed by atoms with van der Waals surface area (Å²) in [6.07, 6.45) is 4.17. The number of aliphatic imine (C=N–C) groups is 1. The molecule has 2 amide bonds. The van der Waals surface area contributed by atoms with E-state index in [9.17, 15) is 14.9 Å². The van der Waals surface area contributed by atoms with E-state index < -0.39 is 17.2 Å². The van der Waals surface area contributed by atoms with Gasteiger partial charge >= 0.3 is 0 Å². The van der Waals surface area contributed by atoms with Crippen molar-refractivity contribution < 1.29 is 9.59 Å². The number of nitrogens with one attached hydrogen (secondary N) is 1. The number of hydrogen-bond acceptors (Lipinski definition) is 6. The van der Waals surface area contributed by atoms with Crippen molar-refractivity contribution >= 4 is 35.1 Å². The Hall–Kier alpha value is -2.79. The number of amidine groups is 1. The van der Waals surface area contributed by atoms with Crippen LogP contribution in [0.2, 0.25) is 0 Å². The third-order valence-electron chi connectivity index (χ3n) is 5.31. The zero-order valence-electron chi connectivity index (χ0n) is 15.5. The molecule has 5 N–H and O–H groups in total. The Kier molecular flexibility index (Phi) is 6.05. The molecular formula is C20H23N5O2S. The molecule has 28 heavy (non-hydrogen) atoms. The van der Waals surface area contributed by atoms with Crippen LogP contribution < -0.4 is 16.8 Å². The smallest absolute Gasteiger partial charge is 0.247 e. The molecule has 1 saturated carbocycles. The number of amides is 2. The normalized spacial score (nSPS) is 21.0. The number of benzene rings is 1. The fourth-order valence-corrected chi connectivity index (χ4v) is 5.05. The van der Waals surface area contributed by atoms with Crippen LogP contribution in [-0.2, 0) is 9.59 Å². The zero-order chi connectivity index (χ0) is 20.1. The first-order valence-corrected chi connectivity index (χ1v) is 10.2. The third-order valence-corrected chi connectivity index (χ3v) is 6.28. The predicted octanol–water partition coefficient (Wildman–Crippen LogP) is 2.52. The minimum atomic E-state index is -0.705. The summed E-state index contributed by atoms with van der Waals surface area (Å²) in [5.41, 5.74) is 12.2. The molecule has 1 atom stereocenters. The van der Waals surface area contributed by atoms with Gasteiger partial charge in [0.2, 0.25) is 11.8 Å². The van der Waals surface area contributed by atoms with Crippen molar-refractivity contribution in [1.82, 2.24) is 0 Å². The summed E-state index contributed by atoms with van der Waals surface area (Å²) in [4.78, 5) is 29.0. The van der Waals surface area contributed by atoms with Gasteiger partial charge in [0.15, 0.2) is 0 Å². The number of primary amides is 1. The largest absolute Gasteiger partial charge is 0.386 e. The quantitative estimate of drug-likeness (QED) is 0.702. The summed E-state index contributed by atoms with van der Waals surface area (Å²) in [6.45, 7) is 0. The molecule has 8 heteroatoms. The maximum absolute atomic E-state index is 12.4. The van der Waals surface area contributed by atoms with Crippen LogP contribution >= 0.6 is 11.8 Å². The second-order valence-electron chi connectivity index (χ2n) is 7.06. The maximum Gasteiger partial charge on any atom is 0.247 e. The Labute approximate surface area is 168 Å². The van der Waals surface area contributed by atoms with E-state index >= 15 is 0 Å². The fraction of sp³-hybridized carbons (Fsp3) is 0.400. The first-order valence-electron chi connectivity index (χ1n) is 9.24. The lowest BCUT2D eigenvalue weighted by Crippen LogP contribution is -2.47. The van der Waals surface area contributed by atoms with Crippen molar-refractivity contribution in [3.05, 3.63) is 40.9 Å². The van der Waals surface area contributed by atoms with Gasteiger partial charge in [-0.25, -0.2) is 4.99 Å². The van der Waals surface area contributed by atoms with Crippen molar-refractivity contribution in [3.63, 3.8) is 0 Å². The minimum absolute atomic E-state index is 0.0606. The van der Waals surface area contributed by atoms with Gasteiger partial charge in [-0.2, -0.15) is 5.26 Å². The van der Waals surface area contributed by atoms with Crippen molar-refractivity contribution in [3.8, 4) is 6.07 Å². The molecule has 2 aliphatic rings. The summed E-state index contributed by atoms with van der Waals surface area (Å²) < 4.78 is 0. The number of thioether (sulfide) groups is 1. The van der Waals surface area contributed by atoms with Crippen molar-refractivity contribution in [1.29, 1.82) is 5.26 Å². The molecule has 0 aromatic heterocycles. The number of para-hydroxylation sites is 1. The summed E-state index contributed by atoms with van der Waals surface area (Å²) in [5.74, 6) is -1.23. The molecule has 1 aliphatic carbocycles.